The predicted molar refractivity (Wildman–Crippen MR) is 102 cm³/mol. The molecule has 0 saturated carbocycles. The highest BCUT2D eigenvalue weighted by Gasteiger charge is 2.26. The van der Waals surface area contributed by atoms with Crippen LogP contribution in [0.3, 0.4) is 0 Å². The highest BCUT2D eigenvalue weighted by atomic mass is 16.2. The van der Waals surface area contributed by atoms with Gasteiger partial charge in [0.2, 0.25) is 0 Å². The van der Waals surface area contributed by atoms with E-state index in [1.54, 1.807) is 12.3 Å². The van der Waals surface area contributed by atoms with Gasteiger partial charge in [0.25, 0.3) is 5.91 Å². The molecular formula is C20H24N6O. The van der Waals surface area contributed by atoms with Crippen molar-refractivity contribution in [2.45, 2.75) is 38.5 Å². The Morgan fingerprint density at radius 2 is 2.00 bits per heavy atom. The highest BCUT2D eigenvalue weighted by Crippen LogP contribution is 2.28. The second-order valence-corrected chi connectivity index (χ2v) is 7.27. The van der Waals surface area contributed by atoms with Gasteiger partial charge < -0.3 is 4.90 Å². The fourth-order valence-corrected chi connectivity index (χ4v) is 3.66. The molecule has 0 spiro atoms. The van der Waals surface area contributed by atoms with Crippen molar-refractivity contribution in [1.29, 1.82) is 0 Å². The quantitative estimate of drug-likeness (QED) is 0.771. The summed E-state index contributed by atoms with van der Waals surface area (Å²) in [7, 11) is 0. The maximum Gasteiger partial charge on any atom is 0.271 e. The fourth-order valence-electron chi connectivity index (χ4n) is 3.66. The van der Waals surface area contributed by atoms with E-state index in [0.717, 1.165) is 43.3 Å². The number of amides is 1. The maximum atomic E-state index is 12.4. The Hall–Kier alpha value is -2.96. The van der Waals surface area contributed by atoms with Crippen molar-refractivity contribution >= 4 is 5.91 Å². The van der Waals surface area contributed by atoms with E-state index in [-0.39, 0.29) is 5.91 Å². The lowest BCUT2D eigenvalue weighted by Crippen LogP contribution is -2.38. The average molecular weight is 364 g/mol. The van der Waals surface area contributed by atoms with Gasteiger partial charge in [0.1, 0.15) is 17.3 Å². The molecule has 0 aromatic carbocycles. The van der Waals surface area contributed by atoms with E-state index in [9.17, 15) is 4.79 Å². The van der Waals surface area contributed by atoms with Crippen LogP contribution in [0.1, 0.15) is 60.5 Å². The van der Waals surface area contributed by atoms with Crippen LogP contribution in [0.4, 0.5) is 0 Å². The third kappa shape index (κ3) is 3.49. The zero-order valence-corrected chi connectivity index (χ0v) is 15.7. The molecule has 1 fully saturated rings. The smallest absolute Gasteiger partial charge is 0.271 e. The first-order valence-electron chi connectivity index (χ1n) is 9.42. The summed E-state index contributed by atoms with van der Waals surface area (Å²) in [6, 6.07) is 7.89. The van der Waals surface area contributed by atoms with Gasteiger partial charge in [-0.1, -0.05) is 19.9 Å². The van der Waals surface area contributed by atoms with E-state index < -0.39 is 0 Å². The minimum absolute atomic E-state index is 0.0210. The summed E-state index contributed by atoms with van der Waals surface area (Å²) in [6.45, 7) is 5.73. The molecule has 140 valence electrons. The number of carbonyl (C=O) groups excluding carboxylic acids is 1. The fraction of sp³-hybridized carbons (Fsp3) is 0.400. The standard InChI is InChI=1S/C20H24N6O/c1-14(2)19-21-10-13-26(19)18-5-3-4-16(23-18)15-7-11-25(12-8-15)20(27)17-6-9-22-24-17/h3-6,9-10,13-15H,7-8,11-12H2,1-2H3,(H,22,24). The van der Waals surface area contributed by atoms with Crippen molar-refractivity contribution in [3.05, 3.63) is 60.1 Å². The number of nitrogens with zero attached hydrogens (tertiary/aromatic N) is 5. The second kappa shape index (κ2) is 7.34. The number of rotatable bonds is 4. The molecule has 7 heteroatoms. The summed E-state index contributed by atoms with van der Waals surface area (Å²) in [4.78, 5) is 23.7. The largest absolute Gasteiger partial charge is 0.337 e. The Balaban J connectivity index is 1.48. The van der Waals surface area contributed by atoms with Gasteiger partial charge in [-0.15, -0.1) is 0 Å². The van der Waals surface area contributed by atoms with Crippen molar-refractivity contribution in [3.8, 4) is 5.82 Å². The topological polar surface area (TPSA) is 79.7 Å². The minimum Gasteiger partial charge on any atom is -0.337 e. The van der Waals surface area contributed by atoms with Crippen LogP contribution in [0.15, 0.2) is 42.9 Å². The Morgan fingerprint density at radius 3 is 2.70 bits per heavy atom. The van der Waals surface area contributed by atoms with Crippen LogP contribution in [-0.4, -0.2) is 48.6 Å². The Bertz CT molecular complexity index is 906. The van der Waals surface area contributed by atoms with Crippen molar-refractivity contribution in [2.75, 3.05) is 13.1 Å². The number of hydrogen-bond donors (Lipinski definition) is 1. The predicted octanol–water partition coefficient (Wildman–Crippen LogP) is 3.13. The number of piperidine rings is 1. The maximum absolute atomic E-state index is 12.4. The number of likely N-dealkylation sites (tertiary alicyclic amines) is 1. The lowest BCUT2D eigenvalue weighted by molar-refractivity contribution is 0.0706. The molecule has 1 saturated heterocycles. The van der Waals surface area contributed by atoms with E-state index in [4.69, 9.17) is 4.98 Å². The zero-order chi connectivity index (χ0) is 18.8. The lowest BCUT2D eigenvalue weighted by atomic mass is 9.93. The molecule has 1 aliphatic heterocycles. The molecule has 3 aromatic rings. The molecule has 27 heavy (non-hydrogen) atoms. The van der Waals surface area contributed by atoms with Crippen LogP contribution in [0.25, 0.3) is 5.82 Å². The minimum atomic E-state index is 0.0210. The number of nitrogens with one attached hydrogen (secondary N) is 1. The van der Waals surface area contributed by atoms with E-state index in [0.29, 0.717) is 17.5 Å². The van der Waals surface area contributed by atoms with E-state index >= 15 is 0 Å². The van der Waals surface area contributed by atoms with Crippen LogP contribution in [-0.2, 0) is 0 Å². The van der Waals surface area contributed by atoms with E-state index in [1.807, 2.05) is 23.4 Å². The van der Waals surface area contributed by atoms with E-state index in [2.05, 4.69) is 45.7 Å². The number of carbonyl (C=O) groups is 1. The van der Waals surface area contributed by atoms with Crippen molar-refractivity contribution < 1.29 is 4.79 Å². The van der Waals surface area contributed by atoms with Gasteiger partial charge in [-0.05, 0) is 31.0 Å². The van der Waals surface area contributed by atoms with Gasteiger partial charge in [0.15, 0.2) is 0 Å². The molecule has 0 radical (unpaired) electrons. The second-order valence-electron chi connectivity index (χ2n) is 7.27. The molecule has 1 aliphatic rings. The van der Waals surface area contributed by atoms with Crippen molar-refractivity contribution in [3.63, 3.8) is 0 Å². The number of H-pyrrole nitrogens is 1. The molecule has 7 nitrogen and oxygen atoms in total. The summed E-state index contributed by atoms with van der Waals surface area (Å²) in [6.07, 6.45) is 7.22. The Labute approximate surface area is 158 Å². The molecule has 0 bridgehead atoms. The van der Waals surface area contributed by atoms with Gasteiger partial charge in [0, 0.05) is 49.2 Å². The monoisotopic (exact) mass is 364 g/mol. The highest BCUT2D eigenvalue weighted by molar-refractivity contribution is 5.92. The lowest BCUT2D eigenvalue weighted by Gasteiger charge is -2.31. The van der Waals surface area contributed by atoms with Crippen LogP contribution in [0.2, 0.25) is 0 Å². The molecule has 0 aliphatic carbocycles. The number of aromatic nitrogens is 5. The number of pyridine rings is 1. The van der Waals surface area contributed by atoms with Crippen LogP contribution in [0, 0.1) is 0 Å². The first-order valence-corrected chi connectivity index (χ1v) is 9.42. The number of hydrogen-bond acceptors (Lipinski definition) is 4. The summed E-state index contributed by atoms with van der Waals surface area (Å²) >= 11 is 0. The summed E-state index contributed by atoms with van der Waals surface area (Å²) in [5, 5.41) is 6.62. The molecular weight excluding hydrogens is 340 g/mol. The summed E-state index contributed by atoms with van der Waals surface area (Å²) in [5.74, 6) is 2.64. The zero-order valence-electron chi connectivity index (χ0n) is 15.7. The SMILES string of the molecule is CC(C)c1nccn1-c1cccc(C2CCN(C(=O)c3ccn[nH]3)CC2)n1. The number of imidazole rings is 1. The van der Waals surface area contributed by atoms with Gasteiger partial charge in [-0.2, -0.15) is 5.10 Å². The van der Waals surface area contributed by atoms with Gasteiger partial charge >= 0.3 is 0 Å². The Kier molecular flexibility index (Phi) is 4.75. The molecule has 0 atom stereocenters. The first-order chi connectivity index (χ1) is 13.1. The van der Waals surface area contributed by atoms with Crippen molar-refractivity contribution in [2.24, 2.45) is 0 Å². The van der Waals surface area contributed by atoms with Crippen LogP contribution >= 0.6 is 0 Å². The van der Waals surface area contributed by atoms with Crippen LogP contribution in [0.5, 0.6) is 0 Å². The van der Waals surface area contributed by atoms with E-state index in [1.165, 1.54) is 0 Å². The average Bonchev–Trinajstić information content (AvgIpc) is 3.39. The molecule has 4 heterocycles. The molecule has 0 unspecified atom stereocenters. The molecule has 4 rings (SSSR count). The van der Waals surface area contributed by atoms with Gasteiger partial charge in [0.05, 0.1) is 0 Å². The molecule has 1 amide bonds. The normalized spacial score (nSPS) is 15.4. The Morgan fingerprint density at radius 1 is 1.19 bits per heavy atom. The third-order valence-electron chi connectivity index (χ3n) is 5.12. The van der Waals surface area contributed by atoms with Crippen LogP contribution < -0.4 is 0 Å². The molecule has 3 aromatic heterocycles. The summed E-state index contributed by atoms with van der Waals surface area (Å²) < 4.78 is 2.06. The summed E-state index contributed by atoms with van der Waals surface area (Å²) in [5.41, 5.74) is 1.64. The van der Waals surface area contributed by atoms with Gasteiger partial charge in [-0.25, -0.2) is 9.97 Å². The third-order valence-corrected chi connectivity index (χ3v) is 5.12. The van der Waals surface area contributed by atoms with Gasteiger partial charge in [-0.3, -0.25) is 14.5 Å². The first kappa shape index (κ1) is 17.5. The molecule has 1 N–H and O–H groups in total. The van der Waals surface area contributed by atoms with Crippen molar-refractivity contribution in [1.82, 2.24) is 29.6 Å². The number of aromatic amines is 1.